The van der Waals surface area contributed by atoms with E-state index in [9.17, 15) is 0 Å². The van der Waals surface area contributed by atoms with Gasteiger partial charge in [-0.05, 0) is 55.5 Å². The van der Waals surface area contributed by atoms with Crippen LogP contribution in [-0.2, 0) is 6.42 Å². The van der Waals surface area contributed by atoms with Gasteiger partial charge in [0, 0.05) is 6.20 Å². The number of benzene rings is 1. The first kappa shape index (κ1) is 16.1. The molecule has 2 aromatic rings. The summed E-state index contributed by atoms with van der Waals surface area (Å²) in [7, 11) is 0. The van der Waals surface area contributed by atoms with Crippen molar-refractivity contribution in [1.82, 2.24) is 9.97 Å². The third-order valence-corrected chi connectivity index (χ3v) is 3.48. The van der Waals surface area contributed by atoms with Crippen LogP contribution in [0.2, 0.25) is 0 Å². The Labute approximate surface area is 131 Å². The predicted molar refractivity (Wildman–Crippen MR) is 86.7 cm³/mol. The SMILES string of the molecule is CCCCC(=NO)c1ccc(OCCCc2c[nH]cn2)cc1. The molecule has 0 atom stereocenters. The van der Waals surface area contributed by atoms with Gasteiger partial charge in [-0.3, -0.25) is 0 Å². The molecule has 1 aromatic heterocycles. The first-order valence-electron chi connectivity index (χ1n) is 7.75. The molecule has 0 amide bonds. The molecule has 0 spiro atoms. The molecule has 0 aliphatic heterocycles. The number of nitrogens with zero attached hydrogens (tertiary/aromatic N) is 2. The van der Waals surface area contributed by atoms with Crippen LogP contribution in [0, 0.1) is 0 Å². The normalized spacial score (nSPS) is 11.6. The molecule has 0 unspecified atom stereocenters. The van der Waals surface area contributed by atoms with E-state index in [1.54, 1.807) is 6.33 Å². The zero-order valence-electron chi connectivity index (χ0n) is 13.0. The molecule has 1 heterocycles. The third-order valence-electron chi connectivity index (χ3n) is 3.48. The van der Waals surface area contributed by atoms with Gasteiger partial charge in [0.15, 0.2) is 0 Å². The number of rotatable bonds is 9. The lowest BCUT2D eigenvalue weighted by atomic mass is 10.0. The first-order chi connectivity index (χ1) is 10.8. The Morgan fingerprint density at radius 2 is 2.09 bits per heavy atom. The molecule has 1 aromatic carbocycles. The van der Waals surface area contributed by atoms with Gasteiger partial charge >= 0.3 is 0 Å². The number of oxime groups is 1. The number of ether oxygens (including phenoxy) is 1. The lowest BCUT2D eigenvalue weighted by Gasteiger charge is -2.08. The number of aromatic nitrogens is 2. The Hall–Kier alpha value is -2.30. The van der Waals surface area contributed by atoms with Gasteiger partial charge in [-0.1, -0.05) is 18.5 Å². The summed E-state index contributed by atoms with van der Waals surface area (Å²) in [6.07, 6.45) is 8.30. The Morgan fingerprint density at radius 1 is 1.27 bits per heavy atom. The van der Waals surface area contributed by atoms with E-state index in [0.29, 0.717) is 6.61 Å². The molecular weight excluding hydrogens is 278 g/mol. The second-order valence-electron chi connectivity index (χ2n) is 5.19. The number of nitrogens with one attached hydrogen (secondary N) is 1. The number of hydrogen-bond donors (Lipinski definition) is 2. The molecule has 0 fully saturated rings. The van der Waals surface area contributed by atoms with Gasteiger partial charge in [-0.25, -0.2) is 4.98 Å². The summed E-state index contributed by atoms with van der Waals surface area (Å²) < 4.78 is 5.71. The van der Waals surface area contributed by atoms with Crippen LogP contribution in [0.15, 0.2) is 41.9 Å². The summed E-state index contributed by atoms with van der Waals surface area (Å²) in [5.74, 6) is 0.832. The van der Waals surface area contributed by atoms with Gasteiger partial charge in [0.2, 0.25) is 0 Å². The molecule has 2 N–H and O–H groups in total. The Balaban J connectivity index is 1.78. The fourth-order valence-corrected chi connectivity index (χ4v) is 2.21. The quantitative estimate of drug-likeness (QED) is 0.320. The van der Waals surface area contributed by atoms with Crippen molar-refractivity contribution in [2.75, 3.05) is 6.61 Å². The zero-order valence-corrected chi connectivity index (χ0v) is 13.0. The number of hydrogen-bond acceptors (Lipinski definition) is 4. The molecule has 0 bridgehead atoms. The highest BCUT2D eigenvalue weighted by Crippen LogP contribution is 2.15. The fourth-order valence-electron chi connectivity index (χ4n) is 2.21. The van der Waals surface area contributed by atoms with Crippen LogP contribution in [-0.4, -0.2) is 27.5 Å². The van der Waals surface area contributed by atoms with E-state index in [-0.39, 0.29) is 0 Å². The molecular formula is C17H23N3O2. The maximum absolute atomic E-state index is 9.09. The summed E-state index contributed by atoms with van der Waals surface area (Å²) in [5.41, 5.74) is 2.73. The van der Waals surface area contributed by atoms with Crippen LogP contribution in [0.1, 0.15) is 43.9 Å². The van der Waals surface area contributed by atoms with E-state index in [1.807, 2.05) is 30.5 Å². The molecule has 0 saturated heterocycles. The average Bonchev–Trinajstić information content (AvgIpc) is 3.07. The number of aromatic amines is 1. The molecule has 5 nitrogen and oxygen atoms in total. The number of imidazole rings is 1. The molecule has 0 saturated carbocycles. The lowest BCUT2D eigenvalue weighted by Crippen LogP contribution is -2.02. The van der Waals surface area contributed by atoms with Crippen LogP contribution in [0.3, 0.4) is 0 Å². The van der Waals surface area contributed by atoms with Gasteiger partial charge in [0.05, 0.1) is 24.3 Å². The third kappa shape index (κ3) is 4.91. The highest BCUT2D eigenvalue weighted by molar-refractivity contribution is 6.00. The molecule has 118 valence electrons. The second-order valence-corrected chi connectivity index (χ2v) is 5.19. The number of unbranched alkanes of at least 4 members (excludes halogenated alkanes) is 1. The monoisotopic (exact) mass is 301 g/mol. The number of aryl methyl sites for hydroxylation is 1. The van der Waals surface area contributed by atoms with Crippen LogP contribution in [0.5, 0.6) is 5.75 Å². The highest BCUT2D eigenvalue weighted by Gasteiger charge is 2.04. The predicted octanol–water partition coefficient (Wildman–Crippen LogP) is 3.79. The molecule has 22 heavy (non-hydrogen) atoms. The minimum absolute atomic E-state index is 0.656. The van der Waals surface area contributed by atoms with Gasteiger partial charge < -0.3 is 14.9 Å². The standard InChI is InChI=1S/C17H23N3O2/c1-2-3-6-17(20-21)14-7-9-16(10-8-14)22-11-4-5-15-12-18-13-19-15/h7-10,12-13,21H,2-6,11H2,1H3,(H,18,19). The van der Waals surface area contributed by atoms with Crippen molar-refractivity contribution in [3.63, 3.8) is 0 Å². The molecule has 0 aliphatic rings. The van der Waals surface area contributed by atoms with Crippen LogP contribution in [0.4, 0.5) is 0 Å². The minimum atomic E-state index is 0.656. The van der Waals surface area contributed by atoms with E-state index in [1.165, 1.54) is 0 Å². The Morgan fingerprint density at radius 3 is 2.73 bits per heavy atom. The average molecular weight is 301 g/mol. The topological polar surface area (TPSA) is 70.5 Å². The van der Waals surface area contributed by atoms with Crippen molar-refractivity contribution in [2.24, 2.45) is 5.16 Å². The molecule has 0 aliphatic carbocycles. The van der Waals surface area contributed by atoms with E-state index in [2.05, 4.69) is 22.0 Å². The smallest absolute Gasteiger partial charge is 0.119 e. The van der Waals surface area contributed by atoms with Crippen molar-refractivity contribution >= 4 is 5.71 Å². The second kappa shape index (κ2) is 8.87. The van der Waals surface area contributed by atoms with Crippen molar-refractivity contribution in [1.29, 1.82) is 0 Å². The van der Waals surface area contributed by atoms with E-state index in [4.69, 9.17) is 9.94 Å². The van der Waals surface area contributed by atoms with Crippen molar-refractivity contribution in [3.05, 3.63) is 48.0 Å². The van der Waals surface area contributed by atoms with Crippen LogP contribution in [0.25, 0.3) is 0 Å². The van der Waals surface area contributed by atoms with Gasteiger partial charge in [-0.15, -0.1) is 0 Å². The summed E-state index contributed by atoms with van der Waals surface area (Å²) in [6.45, 7) is 2.78. The molecule has 0 radical (unpaired) electrons. The fraction of sp³-hybridized carbons (Fsp3) is 0.412. The van der Waals surface area contributed by atoms with E-state index >= 15 is 0 Å². The maximum atomic E-state index is 9.09. The van der Waals surface area contributed by atoms with Gasteiger partial charge in [-0.2, -0.15) is 0 Å². The summed E-state index contributed by atoms with van der Waals surface area (Å²) in [4.78, 5) is 7.12. The van der Waals surface area contributed by atoms with Crippen molar-refractivity contribution < 1.29 is 9.94 Å². The zero-order chi connectivity index (χ0) is 15.6. The summed E-state index contributed by atoms with van der Waals surface area (Å²) in [5, 5.41) is 12.5. The Kier molecular flexibility index (Phi) is 6.48. The van der Waals surface area contributed by atoms with Gasteiger partial charge in [0.1, 0.15) is 5.75 Å². The first-order valence-corrected chi connectivity index (χ1v) is 7.75. The van der Waals surface area contributed by atoms with Gasteiger partial charge in [0.25, 0.3) is 0 Å². The summed E-state index contributed by atoms with van der Waals surface area (Å²) in [6, 6.07) is 7.71. The summed E-state index contributed by atoms with van der Waals surface area (Å²) >= 11 is 0. The largest absolute Gasteiger partial charge is 0.494 e. The Bertz CT molecular complexity index is 562. The molecule has 5 heteroatoms. The van der Waals surface area contributed by atoms with E-state index in [0.717, 1.165) is 54.8 Å². The minimum Gasteiger partial charge on any atom is -0.494 e. The maximum Gasteiger partial charge on any atom is 0.119 e. The van der Waals surface area contributed by atoms with Crippen LogP contribution >= 0.6 is 0 Å². The number of H-pyrrole nitrogens is 1. The van der Waals surface area contributed by atoms with Crippen LogP contribution < -0.4 is 4.74 Å². The van der Waals surface area contributed by atoms with E-state index < -0.39 is 0 Å². The highest BCUT2D eigenvalue weighted by atomic mass is 16.5. The van der Waals surface area contributed by atoms with Crippen molar-refractivity contribution in [2.45, 2.75) is 39.0 Å². The lowest BCUT2D eigenvalue weighted by molar-refractivity contribution is 0.310. The van der Waals surface area contributed by atoms with Crippen molar-refractivity contribution in [3.8, 4) is 5.75 Å². The molecule has 2 rings (SSSR count).